The molecule has 9 aromatic heterocycles. The molecule has 2 aliphatic heterocycles. The van der Waals surface area contributed by atoms with Crippen LogP contribution in [0.4, 0.5) is 39.5 Å². The fraction of sp³-hybridized carbons (Fsp3) is 0.0820. The molecule has 0 amide bonds. The highest BCUT2D eigenvalue weighted by atomic mass is 127. The van der Waals surface area contributed by atoms with Crippen molar-refractivity contribution >= 4 is 105 Å². The first-order chi connectivity index (χ1) is 44.2. The predicted octanol–water partition coefficient (Wildman–Crippen LogP) is 12.1. The number of nitrogens with zero attached hydrogens (tertiary/aromatic N) is 16. The molecule has 19 nitrogen and oxygen atoms in total. The highest BCUT2D eigenvalue weighted by Gasteiger charge is 2.19. The lowest BCUT2D eigenvalue weighted by molar-refractivity contribution is 0.587. The van der Waals surface area contributed by atoms with Gasteiger partial charge in [0.05, 0.1) is 103 Å². The second-order valence-electron chi connectivity index (χ2n) is 19.0. The van der Waals surface area contributed by atoms with E-state index in [1.807, 2.05) is 28.7 Å². The highest BCUT2D eigenvalue weighted by Crippen LogP contribution is 2.25. The zero-order valence-electron chi connectivity index (χ0n) is 46.7. The van der Waals surface area contributed by atoms with Crippen molar-refractivity contribution in [1.29, 1.82) is 15.9 Å². The minimum absolute atomic E-state index is 0.0314. The largest absolute Gasteiger partial charge is 0.383 e. The fourth-order valence-corrected chi connectivity index (χ4v) is 10.0. The summed E-state index contributed by atoms with van der Waals surface area (Å²) in [4.78, 5) is 31.1. The average Bonchev–Trinajstić information content (AvgIpc) is 1.67. The molecular weight excluding hydrogens is 1460 g/mol. The summed E-state index contributed by atoms with van der Waals surface area (Å²) < 4.78 is 124. The van der Waals surface area contributed by atoms with Crippen LogP contribution >= 0.6 is 56.8 Å². The number of pyridine rings is 6. The van der Waals surface area contributed by atoms with E-state index in [-0.39, 0.29) is 76.7 Å². The standard InChI is InChI=1S/C14H11F2N5.C14H8F2N4.C13H8F2IN3.C7H4FIN2.C7H6FN3.C6H2ClFN2/c15-9-5-10-12(13(17)18)20-21(14(10)19-6-9)7-8-3-1-2-4-11(8)16;15-10-5-11-13(6-17)19-20(14(11)18-7-10)8-9-3-1-2-4-12(9)16;14-9-5-10-12(16)18-19(13(10)17-6-9)7-8-3-1-2-4-11(8)15;2*8-4-1-5-6(10-2-4)3-11-7(5)9;7-6-4(2-9)1-5(8)3-10-6/h1-6H,7H2,(H3,17,18);1-5,7H,8H2;1-6H,7H2;1-2H,3H2;1-2H,3H2,(H2,9,11);1,3H. The number of nitrogens with one attached hydrogen (secondary N) is 1. The number of nitrogen functional groups attached to an aromatic ring is 1. The summed E-state index contributed by atoms with van der Waals surface area (Å²) in [5.74, 6) is -3.65. The maximum atomic E-state index is 13.7. The van der Waals surface area contributed by atoms with Crippen molar-refractivity contribution in [3.05, 3.63) is 264 Å². The normalized spacial score (nSPS) is 11.5. The van der Waals surface area contributed by atoms with Gasteiger partial charge in [-0.2, -0.15) is 25.8 Å². The van der Waals surface area contributed by atoms with Crippen molar-refractivity contribution in [3.63, 3.8) is 0 Å². The van der Waals surface area contributed by atoms with E-state index in [9.17, 15) is 39.5 Å². The van der Waals surface area contributed by atoms with Crippen LogP contribution in [0.15, 0.2) is 156 Å². The first kappa shape index (κ1) is 66.1. The monoisotopic (exact) mass is 1500 g/mol. The van der Waals surface area contributed by atoms with E-state index in [1.54, 1.807) is 65.3 Å². The summed E-state index contributed by atoms with van der Waals surface area (Å²) in [6.45, 7) is 1.58. The summed E-state index contributed by atoms with van der Waals surface area (Å²) in [6.07, 6.45) is 6.59. The topological polar surface area (TPSA) is 279 Å². The van der Waals surface area contributed by atoms with E-state index in [4.69, 9.17) is 39.0 Å². The summed E-state index contributed by atoms with van der Waals surface area (Å²) in [5, 5.41) is 38.6. The van der Waals surface area contributed by atoms with Crippen molar-refractivity contribution in [2.24, 2.45) is 21.5 Å². The third kappa shape index (κ3) is 16.2. The van der Waals surface area contributed by atoms with Gasteiger partial charge in [-0.15, -0.1) is 0 Å². The molecule has 0 aliphatic carbocycles. The number of nitrogens with two attached hydrogens (primary N) is 2. The van der Waals surface area contributed by atoms with Gasteiger partial charge < -0.3 is 11.5 Å². The van der Waals surface area contributed by atoms with Crippen LogP contribution in [0.3, 0.4) is 0 Å². The lowest BCUT2D eigenvalue weighted by Crippen LogP contribution is -2.13. The number of halogens is 12. The SMILES string of the molecule is Fc1cnc2c(c1)C(I)=NC2.Fc1cnc2c(c1)c(I)nn2Cc1ccccc1F.N#Cc1cc(F)cnc1Cl.N#Cc1nn(Cc2ccccc2F)c2ncc(F)cc12.N=C(N)c1nn(Cc2ccccc2F)c2ncc(F)cc12.NC1=NCc2ncc(F)cc21. The van der Waals surface area contributed by atoms with Gasteiger partial charge in [0.15, 0.2) is 22.6 Å². The van der Waals surface area contributed by atoms with Crippen LogP contribution in [0.1, 0.15) is 56.2 Å². The number of amidine groups is 2. The molecule has 0 bridgehead atoms. The van der Waals surface area contributed by atoms with Gasteiger partial charge in [0.1, 0.15) is 94.4 Å². The van der Waals surface area contributed by atoms with Crippen LogP contribution in [-0.2, 0) is 32.7 Å². The Morgan fingerprint density at radius 1 is 0.511 bits per heavy atom. The Labute approximate surface area is 546 Å². The maximum Gasteiger partial charge on any atom is 0.172 e. The van der Waals surface area contributed by atoms with Gasteiger partial charge in [-0.05, 0) is 99.8 Å². The van der Waals surface area contributed by atoms with E-state index in [0.29, 0.717) is 78.0 Å². The first-order valence-electron chi connectivity index (χ1n) is 26.3. The van der Waals surface area contributed by atoms with Gasteiger partial charge in [0.2, 0.25) is 0 Å². The third-order valence-corrected chi connectivity index (χ3v) is 14.9. The van der Waals surface area contributed by atoms with Crippen LogP contribution in [-0.4, -0.2) is 74.6 Å². The molecule has 0 saturated heterocycles. The zero-order chi connectivity index (χ0) is 65.8. The number of nitriles is 2. The summed E-state index contributed by atoms with van der Waals surface area (Å²) in [5.41, 5.74) is 16.9. The van der Waals surface area contributed by atoms with Crippen LogP contribution in [0, 0.1) is 84.1 Å². The molecule has 11 heterocycles. The van der Waals surface area contributed by atoms with Gasteiger partial charge >= 0.3 is 0 Å². The molecule has 0 unspecified atom stereocenters. The second kappa shape index (κ2) is 30.0. The third-order valence-electron chi connectivity index (χ3n) is 12.9. The Balaban J connectivity index is 0.000000134. The zero-order valence-corrected chi connectivity index (χ0v) is 51.8. The number of benzene rings is 3. The molecule has 0 radical (unpaired) electrons. The highest BCUT2D eigenvalue weighted by molar-refractivity contribution is 14.1. The molecular formula is C61H39ClF9I2N19. The molecule has 92 heavy (non-hydrogen) atoms. The Kier molecular flexibility index (Phi) is 21.6. The number of rotatable bonds is 7. The Morgan fingerprint density at radius 3 is 1.43 bits per heavy atom. The van der Waals surface area contributed by atoms with Crippen LogP contribution in [0.5, 0.6) is 0 Å². The summed E-state index contributed by atoms with van der Waals surface area (Å²) in [6, 6.07) is 30.3. The summed E-state index contributed by atoms with van der Waals surface area (Å²) in [7, 11) is 0. The second-order valence-corrected chi connectivity index (χ2v) is 21.4. The Bertz CT molecular complexity index is 4840. The van der Waals surface area contributed by atoms with E-state index >= 15 is 0 Å². The molecule has 5 N–H and O–H groups in total. The molecule has 3 aromatic carbocycles. The van der Waals surface area contributed by atoms with Crippen molar-refractivity contribution in [2.75, 3.05) is 0 Å². The molecule has 12 aromatic rings. The van der Waals surface area contributed by atoms with E-state index in [1.165, 1.54) is 70.3 Å². The van der Waals surface area contributed by atoms with Crippen LogP contribution < -0.4 is 11.5 Å². The molecule has 14 rings (SSSR count). The molecule has 0 fully saturated rings. The molecule has 31 heteroatoms. The number of aromatic nitrogens is 12. The quantitative estimate of drug-likeness (QED) is 0.0441. The van der Waals surface area contributed by atoms with E-state index < -0.39 is 23.3 Å². The Morgan fingerprint density at radius 2 is 0.924 bits per heavy atom. The van der Waals surface area contributed by atoms with Crippen molar-refractivity contribution in [1.82, 2.24) is 59.2 Å². The molecule has 0 saturated carbocycles. The summed E-state index contributed by atoms with van der Waals surface area (Å²) >= 11 is 9.49. The van der Waals surface area contributed by atoms with Gasteiger partial charge in [0, 0.05) is 27.8 Å². The van der Waals surface area contributed by atoms with Crippen LogP contribution in [0.25, 0.3) is 33.1 Å². The molecule has 462 valence electrons. The molecule has 0 atom stereocenters. The van der Waals surface area contributed by atoms with Crippen molar-refractivity contribution in [3.8, 4) is 12.1 Å². The predicted molar refractivity (Wildman–Crippen MR) is 338 cm³/mol. The lowest BCUT2D eigenvalue weighted by Gasteiger charge is -2.04. The van der Waals surface area contributed by atoms with Crippen molar-refractivity contribution < 1.29 is 39.5 Å². The smallest absolute Gasteiger partial charge is 0.172 e. The minimum atomic E-state index is -0.555. The Hall–Kier alpha value is -10.3. The molecule has 0 spiro atoms. The minimum Gasteiger partial charge on any atom is -0.383 e. The lowest BCUT2D eigenvalue weighted by atomic mass is 10.2. The number of hydrogen-bond acceptors (Lipinski definition) is 15. The first-order valence-corrected chi connectivity index (χ1v) is 28.9. The van der Waals surface area contributed by atoms with E-state index in [0.717, 1.165) is 51.5 Å². The maximum absolute atomic E-state index is 13.7. The van der Waals surface area contributed by atoms with Gasteiger partial charge in [-0.3, -0.25) is 25.4 Å². The van der Waals surface area contributed by atoms with Crippen LogP contribution in [0.2, 0.25) is 5.15 Å². The number of fused-ring (bicyclic) bond motifs is 5. The number of hydrogen-bond donors (Lipinski definition) is 3. The van der Waals surface area contributed by atoms with Gasteiger partial charge in [-0.1, -0.05) is 66.2 Å². The van der Waals surface area contributed by atoms with Gasteiger partial charge in [0.25, 0.3) is 0 Å². The van der Waals surface area contributed by atoms with E-state index in [2.05, 4.69) is 77.8 Å². The van der Waals surface area contributed by atoms with Crippen molar-refractivity contribution in [2.45, 2.75) is 32.7 Å². The average molecular weight is 1500 g/mol. The fourth-order valence-electron chi connectivity index (χ4n) is 8.60. The van der Waals surface area contributed by atoms with Gasteiger partial charge in [-0.25, -0.2) is 73.5 Å². The number of aliphatic imine (C=N–C) groups is 2. The molecule has 2 aliphatic rings.